The highest BCUT2D eigenvalue weighted by molar-refractivity contribution is 6.12. The maximum absolute atomic E-state index is 14.8. The topological polar surface area (TPSA) is 327 Å². The van der Waals surface area contributed by atoms with E-state index < -0.39 is 96.0 Å². The molecule has 2 heterocycles. The van der Waals surface area contributed by atoms with Crippen LogP contribution in [0.25, 0.3) is 0 Å². The molecule has 25 nitrogen and oxygen atoms in total. The predicted molar refractivity (Wildman–Crippen MR) is 357 cm³/mol. The molecule has 0 aliphatic carbocycles. The van der Waals surface area contributed by atoms with Gasteiger partial charge in [-0.05, 0) is 99.4 Å². The van der Waals surface area contributed by atoms with Gasteiger partial charge in [-0.1, -0.05) is 116 Å². The zero-order valence-corrected chi connectivity index (χ0v) is 57.5. The molecule has 10 atom stereocenters. The zero-order chi connectivity index (χ0) is 69.9. The molecule has 2 aromatic carbocycles. The Morgan fingerprint density at radius 3 is 1.91 bits per heavy atom. The number of imide groups is 1. The van der Waals surface area contributed by atoms with Crippen molar-refractivity contribution in [1.82, 2.24) is 46.2 Å². The van der Waals surface area contributed by atoms with Gasteiger partial charge in [0.2, 0.25) is 41.4 Å². The molecule has 0 saturated carbocycles. The van der Waals surface area contributed by atoms with Gasteiger partial charge < -0.3 is 61.6 Å². The number of likely N-dealkylation sites (N-methyl/N-ethyl adjacent to an activating group) is 2. The number of urea groups is 1. The van der Waals surface area contributed by atoms with E-state index in [4.69, 9.17) is 19.9 Å². The minimum atomic E-state index is -1.06. The van der Waals surface area contributed by atoms with E-state index >= 15 is 0 Å². The van der Waals surface area contributed by atoms with Gasteiger partial charge in [0.1, 0.15) is 24.2 Å². The van der Waals surface area contributed by atoms with Gasteiger partial charge in [-0.25, -0.2) is 9.59 Å². The van der Waals surface area contributed by atoms with E-state index in [2.05, 4.69) is 38.5 Å². The molecule has 1 saturated heterocycles. The van der Waals surface area contributed by atoms with Gasteiger partial charge in [0, 0.05) is 78.1 Å². The molecular formula is C69H105N11O14. The summed E-state index contributed by atoms with van der Waals surface area (Å²) in [4.78, 5) is 153. The van der Waals surface area contributed by atoms with Crippen LogP contribution in [-0.4, -0.2) is 201 Å². The maximum atomic E-state index is 14.8. The number of benzene rings is 2. The number of ether oxygens (including phenoxy) is 3. The quantitative estimate of drug-likeness (QED) is 0.0208. The molecule has 4 rings (SSSR count). The molecule has 0 aromatic heterocycles. The average Bonchev–Trinajstić information content (AvgIpc) is 1.36. The zero-order valence-electron chi connectivity index (χ0n) is 57.5. The van der Waals surface area contributed by atoms with E-state index in [9.17, 15) is 52.7 Å². The number of amides is 11. The number of nitrogens with zero attached hydrogens (tertiary/aromatic N) is 4. The summed E-state index contributed by atoms with van der Waals surface area (Å²) in [6.07, 6.45) is 5.20. The average molecular weight is 1310 g/mol. The van der Waals surface area contributed by atoms with Crippen LogP contribution in [0, 0.1) is 23.7 Å². The summed E-state index contributed by atoms with van der Waals surface area (Å²) in [5.41, 5.74) is 8.08. The van der Waals surface area contributed by atoms with Crippen molar-refractivity contribution < 1.29 is 67.0 Å². The van der Waals surface area contributed by atoms with Gasteiger partial charge >= 0.3 is 12.0 Å². The van der Waals surface area contributed by atoms with Crippen LogP contribution in [0.4, 0.5) is 10.5 Å². The number of rotatable bonds is 40. The summed E-state index contributed by atoms with van der Waals surface area (Å²) in [5.74, 6) is -5.89. The Hall–Kier alpha value is -8.03. The molecule has 25 heteroatoms. The molecular weight excluding hydrogens is 1210 g/mol. The van der Waals surface area contributed by atoms with Gasteiger partial charge in [-0.3, -0.25) is 53.0 Å². The highest BCUT2D eigenvalue weighted by Crippen LogP contribution is 2.30. The number of nitrogens with one attached hydrogen (secondary N) is 6. The first-order chi connectivity index (χ1) is 44.6. The molecule has 8 N–H and O–H groups in total. The summed E-state index contributed by atoms with van der Waals surface area (Å²) < 4.78 is 17.1. The first-order valence-electron chi connectivity index (χ1n) is 32.9. The number of hydrogen-bond acceptors (Lipinski definition) is 15. The summed E-state index contributed by atoms with van der Waals surface area (Å²) >= 11 is 0. The van der Waals surface area contributed by atoms with Crippen LogP contribution in [0.3, 0.4) is 0 Å². The first-order valence-corrected chi connectivity index (χ1v) is 32.9. The van der Waals surface area contributed by atoms with Crippen molar-refractivity contribution in [2.45, 2.75) is 187 Å². The fraction of sp³-hybridized carbons (Fsp3) is 0.609. The van der Waals surface area contributed by atoms with E-state index in [1.54, 1.807) is 44.9 Å². The third-order valence-electron chi connectivity index (χ3n) is 17.6. The summed E-state index contributed by atoms with van der Waals surface area (Å²) in [6.45, 7) is 20.3. The van der Waals surface area contributed by atoms with Gasteiger partial charge in [0.05, 0.1) is 49.8 Å². The summed E-state index contributed by atoms with van der Waals surface area (Å²) in [7, 11) is 7.71. The van der Waals surface area contributed by atoms with E-state index in [0.29, 0.717) is 69.3 Å². The number of methoxy groups -OCH3 is 3. The molecule has 0 bridgehead atoms. The van der Waals surface area contributed by atoms with Gasteiger partial charge in [0.25, 0.3) is 11.8 Å². The smallest absolute Gasteiger partial charge is 0.328 e. The SMILES string of the molecule is C=C(CC)[C@@H]([C@@H](CC(=O)N1CCC[C@H]1[C@H](OC)[C@@H](C)C(=O)N[C@@H](Cc1ccccc1)C(=O)OC)OC)N(C)C(=O)[C@@H](NC(=O)[C@H](C(C)C)N(C)CCc1ccc(NC(=O)[C@H](CCCNC(N)=O)NC(=O)[C@@H](NC(=O)CCCCCN2C(=O)C=CC2=O)C(C)C)cc1)C(C)C. The number of primary amides is 1. The Kier molecular flexibility index (Phi) is 32.5. The fourth-order valence-corrected chi connectivity index (χ4v) is 12.1. The number of hydrogen-bond donors (Lipinski definition) is 7. The number of nitrogens with two attached hydrogens (primary N) is 1. The second-order valence-electron chi connectivity index (χ2n) is 25.5. The van der Waals surface area contributed by atoms with E-state index in [1.165, 1.54) is 38.4 Å². The number of esters is 1. The molecule has 0 spiro atoms. The third-order valence-corrected chi connectivity index (χ3v) is 17.6. The normalized spacial score (nSPS) is 16.8. The van der Waals surface area contributed by atoms with E-state index in [0.717, 1.165) is 16.0 Å². The monoisotopic (exact) mass is 1310 g/mol. The minimum Gasteiger partial charge on any atom is -0.467 e. The molecule has 0 unspecified atom stereocenters. The molecule has 520 valence electrons. The number of anilines is 1. The van der Waals surface area contributed by atoms with Crippen LogP contribution in [0.15, 0.2) is 78.9 Å². The van der Waals surface area contributed by atoms with Crippen LogP contribution >= 0.6 is 0 Å². The molecule has 1 fully saturated rings. The molecule has 0 radical (unpaired) electrons. The predicted octanol–water partition coefficient (Wildman–Crippen LogP) is 4.57. The highest BCUT2D eigenvalue weighted by atomic mass is 16.5. The molecule has 94 heavy (non-hydrogen) atoms. The number of likely N-dealkylation sites (tertiary alicyclic amines) is 1. The van der Waals surface area contributed by atoms with Crippen molar-refractivity contribution in [1.29, 1.82) is 0 Å². The van der Waals surface area contributed by atoms with E-state index in [1.807, 2.05) is 89.0 Å². The van der Waals surface area contributed by atoms with Gasteiger partial charge in [-0.15, -0.1) is 0 Å². The van der Waals surface area contributed by atoms with Crippen molar-refractivity contribution >= 4 is 70.9 Å². The number of unbranched alkanes of at least 4 members (excludes halogenated alkanes) is 2. The van der Waals surface area contributed by atoms with Crippen molar-refractivity contribution in [3.05, 3.63) is 90.0 Å². The van der Waals surface area contributed by atoms with Crippen LogP contribution in [0.5, 0.6) is 0 Å². The second-order valence-corrected chi connectivity index (χ2v) is 25.5. The lowest BCUT2D eigenvalue weighted by molar-refractivity contribution is -0.148. The Morgan fingerprint density at radius 1 is 0.702 bits per heavy atom. The van der Waals surface area contributed by atoms with Crippen LogP contribution in [0.1, 0.15) is 131 Å². The third kappa shape index (κ3) is 23.5. The van der Waals surface area contributed by atoms with Crippen molar-refractivity contribution in [3.63, 3.8) is 0 Å². The Morgan fingerprint density at radius 2 is 1.34 bits per heavy atom. The van der Waals surface area contributed by atoms with Gasteiger partial charge in [-0.2, -0.15) is 0 Å². The fourth-order valence-electron chi connectivity index (χ4n) is 12.1. The number of carbonyl (C=O) groups excluding carboxylic acids is 11. The van der Waals surface area contributed by atoms with Crippen molar-refractivity contribution in [2.24, 2.45) is 29.4 Å². The molecule has 2 aliphatic heterocycles. The summed E-state index contributed by atoms with van der Waals surface area (Å²) in [6, 6.07) is 9.80. The maximum Gasteiger partial charge on any atom is 0.328 e. The van der Waals surface area contributed by atoms with Crippen LogP contribution in [-0.2, 0) is 75.0 Å². The largest absolute Gasteiger partial charge is 0.467 e. The minimum absolute atomic E-state index is 0.104. The Bertz CT molecular complexity index is 2910. The highest BCUT2D eigenvalue weighted by Gasteiger charge is 2.44. The first kappa shape index (κ1) is 78.4. The molecule has 2 aliphatic rings. The number of carbonyl (C=O) groups is 11. The van der Waals surface area contributed by atoms with Crippen molar-refractivity contribution in [3.8, 4) is 0 Å². The Balaban J connectivity index is 1.39. The standard InChI is InChI=1S/C69H105N11O14/c1-15-45(8)61(53(92-12)41-57(84)79-38-23-27-52(79)62(93-13)46(9)63(85)74-51(68(90)94-14)40-48-24-18-16-19-25-48)78(11)67(89)59(43(4)5)76-66(88)60(44(6)7)77(10)39-35-47-29-31-49(32-30-47)72-64(86)50(26-22-36-71-69(70)91)73-65(87)58(42(2)3)75-54(81)28-20-17-21-37-80-55(82)33-34-56(80)83/h16,18-19,24-25,29-34,42-44,46,50-53,58-62H,8,15,17,20-23,26-28,35-41H2,1-7,9-14H3,(H,72,86)(H,73,87)(H,74,85)(H,75,81)(H,76,88)(H3,70,71,91)/t46-,50+,51+,52+,53-,58+,59+,60+,61+,62-/m1/s1. The van der Waals surface area contributed by atoms with Crippen LogP contribution in [0.2, 0.25) is 0 Å². The Labute approximate surface area is 555 Å². The lowest BCUT2D eigenvalue weighted by Crippen LogP contribution is -2.59. The molecule has 11 amide bonds. The van der Waals surface area contributed by atoms with E-state index in [-0.39, 0.29) is 92.5 Å². The molecule has 2 aromatic rings. The van der Waals surface area contributed by atoms with Gasteiger partial charge in [0.15, 0.2) is 0 Å². The second kappa shape index (κ2) is 39.0. The lowest BCUT2D eigenvalue weighted by atomic mass is 9.92. The summed E-state index contributed by atoms with van der Waals surface area (Å²) in [5, 5.41) is 16.9. The lowest BCUT2D eigenvalue weighted by Gasteiger charge is -2.39. The van der Waals surface area contributed by atoms with Crippen molar-refractivity contribution in [2.75, 3.05) is 66.9 Å². The van der Waals surface area contributed by atoms with Crippen LogP contribution < -0.4 is 37.6 Å².